The Hall–Kier alpha value is -2.19. The molecule has 0 bridgehead atoms. The van der Waals surface area contributed by atoms with Gasteiger partial charge in [-0.1, -0.05) is 41.4 Å². The molecule has 2 amide bonds. The number of nitrogens with one attached hydrogen (secondary N) is 1. The molecular formula is C22H25Cl2FN4O2. The summed E-state index contributed by atoms with van der Waals surface area (Å²) in [6.45, 7) is 3.37. The Labute approximate surface area is 191 Å². The van der Waals surface area contributed by atoms with Crippen LogP contribution in [0.15, 0.2) is 42.5 Å². The summed E-state index contributed by atoms with van der Waals surface area (Å²) in [5.74, 6) is -0.753. The van der Waals surface area contributed by atoms with Gasteiger partial charge in [-0.25, -0.2) is 4.39 Å². The van der Waals surface area contributed by atoms with Gasteiger partial charge in [0.2, 0.25) is 11.8 Å². The first-order chi connectivity index (χ1) is 14.8. The Morgan fingerprint density at radius 1 is 1.00 bits per heavy atom. The number of benzene rings is 2. The van der Waals surface area contributed by atoms with Crippen molar-refractivity contribution in [3.8, 4) is 0 Å². The predicted molar refractivity (Wildman–Crippen MR) is 121 cm³/mol. The molecule has 1 heterocycles. The largest absolute Gasteiger partial charge is 0.335 e. The number of carbonyl (C=O) groups is 2. The Morgan fingerprint density at radius 3 is 2.32 bits per heavy atom. The van der Waals surface area contributed by atoms with E-state index in [1.54, 1.807) is 43.4 Å². The van der Waals surface area contributed by atoms with E-state index in [9.17, 15) is 14.0 Å². The highest BCUT2D eigenvalue weighted by Gasteiger charge is 2.22. The molecule has 2 aromatic rings. The second-order valence-electron chi connectivity index (χ2n) is 7.53. The van der Waals surface area contributed by atoms with E-state index in [2.05, 4.69) is 10.2 Å². The van der Waals surface area contributed by atoms with Gasteiger partial charge >= 0.3 is 0 Å². The molecule has 1 saturated heterocycles. The van der Waals surface area contributed by atoms with Gasteiger partial charge in [0.15, 0.2) is 0 Å². The highest BCUT2D eigenvalue weighted by Crippen LogP contribution is 2.22. The van der Waals surface area contributed by atoms with Crippen molar-refractivity contribution in [2.75, 3.05) is 51.6 Å². The van der Waals surface area contributed by atoms with E-state index >= 15 is 0 Å². The summed E-state index contributed by atoms with van der Waals surface area (Å²) in [6, 6.07) is 11.6. The molecule has 31 heavy (non-hydrogen) atoms. The van der Waals surface area contributed by atoms with Gasteiger partial charge < -0.3 is 10.2 Å². The predicted octanol–water partition coefficient (Wildman–Crippen LogP) is 3.35. The van der Waals surface area contributed by atoms with Crippen LogP contribution in [0, 0.1) is 5.82 Å². The molecule has 1 fully saturated rings. The molecule has 0 unspecified atom stereocenters. The molecule has 9 heteroatoms. The lowest BCUT2D eigenvalue weighted by molar-refractivity contribution is -0.134. The maximum Gasteiger partial charge on any atom is 0.244 e. The SMILES string of the molecule is CN(CC(=O)Nc1ccccc1Cl)C(=O)CN1CCN(Cc2c(F)cccc2Cl)CC1. The van der Waals surface area contributed by atoms with Gasteiger partial charge in [0, 0.05) is 50.4 Å². The normalized spacial score (nSPS) is 15.0. The number of hydrogen-bond acceptors (Lipinski definition) is 4. The lowest BCUT2D eigenvalue weighted by atomic mass is 10.2. The lowest BCUT2D eigenvalue weighted by Gasteiger charge is -2.35. The number of piperazine rings is 1. The number of para-hydroxylation sites is 1. The minimum absolute atomic E-state index is 0.0597. The van der Waals surface area contributed by atoms with Crippen molar-refractivity contribution in [1.29, 1.82) is 0 Å². The van der Waals surface area contributed by atoms with Gasteiger partial charge in [0.05, 0.1) is 23.8 Å². The standard InChI is InChI=1S/C22H25Cl2FN4O2/c1-27(14-21(30)26-20-8-3-2-5-18(20)24)22(31)15-29-11-9-28(10-12-29)13-16-17(23)6-4-7-19(16)25/h2-8H,9-15H2,1H3,(H,26,30). The van der Waals surface area contributed by atoms with E-state index in [0.717, 1.165) is 0 Å². The molecule has 1 aliphatic heterocycles. The van der Waals surface area contributed by atoms with E-state index in [-0.39, 0.29) is 30.7 Å². The highest BCUT2D eigenvalue weighted by molar-refractivity contribution is 6.33. The minimum atomic E-state index is -0.310. The van der Waals surface area contributed by atoms with Crippen LogP contribution in [0.4, 0.5) is 10.1 Å². The Kier molecular flexibility index (Phi) is 8.26. The quantitative estimate of drug-likeness (QED) is 0.679. The minimum Gasteiger partial charge on any atom is -0.335 e. The molecule has 0 radical (unpaired) electrons. The van der Waals surface area contributed by atoms with Gasteiger partial charge in [-0.2, -0.15) is 0 Å². The number of carbonyl (C=O) groups excluding carboxylic acids is 2. The van der Waals surface area contributed by atoms with Gasteiger partial charge in [0.25, 0.3) is 0 Å². The first-order valence-corrected chi connectivity index (χ1v) is 10.7. The van der Waals surface area contributed by atoms with Gasteiger partial charge in [0.1, 0.15) is 5.82 Å². The maximum atomic E-state index is 14.0. The summed E-state index contributed by atoms with van der Waals surface area (Å²) < 4.78 is 14.0. The first-order valence-electron chi connectivity index (χ1n) is 9.99. The summed E-state index contributed by atoms with van der Waals surface area (Å²) in [6.07, 6.45) is 0. The smallest absolute Gasteiger partial charge is 0.244 e. The van der Waals surface area contributed by atoms with Crippen molar-refractivity contribution < 1.29 is 14.0 Å². The fourth-order valence-corrected chi connectivity index (χ4v) is 3.79. The summed E-state index contributed by atoms with van der Waals surface area (Å²) in [7, 11) is 1.60. The summed E-state index contributed by atoms with van der Waals surface area (Å²) in [4.78, 5) is 30.3. The van der Waals surface area contributed by atoms with Crippen LogP contribution in [0.25, 0.3) is 0 Å². The zero-order valence-corrected chi connectivity index (χ0v) is 18.8. The summed E-state index contributed by atoms with van der Waals surface area (Å²) in [5.41, 5.74) is 1.01. The fourth-order valence-electron chi connectivity index (χ4n) is 3.38. The average molecular weight is 467 g/mol. The van der Waals surface area contributed by atoms with E-state index in [0.29, 0.717) is 54.0 Å². The zero-order chi connectivity index (χ0) is 22.4. The monoisotopic (exact) mass is 466 g/mol. The summed E-state index contributed by atoms with van der Waals surface area (Å²) >= 11 is 12.2. The Balaban J connectivity index is 1.43. The fraction of sp³-hybridized carbons (Fsp3) is 0.364. The van der Waals surface area contributed by atoms with Crippen molar-refractivity contribution in [2.45, 2.75) is 6.54 Å². The van der Waals surface area contributed by atoms with E-state index in [1.807, 2.05) is 4.90 Å². The molecule has 0 saturated carbocycles. The molecule has 0 atom stereocenters. The molecule has 0 aromatic heterocycles. The van der Waals surface area contributed by atoms with Gasteiger partial charge in [-0.15, -0.1) is 0 Å². The first kappa shape index (κ1) is 23.5. The van der Waals surface area contributed by atoms with Crippen LogP contribution in [0.2, 0.25) is 10.0 Å². The van der Waals surface area contributed by atoms with Crippen molar-refractivity contribution in [3.63, 3.8) is 0 Å². The third-order valence-electron chi connectivity index (χ3n) is 5.22. The molecular weight excluding hydrogens is 442 g/mol. The second kappa shape index (κ2) is 10.9. The number of rotatable bonds is 7. The number of anilines is 1. The molecule has 166 valence electrons. The molecule has 1 N–H and O–H groups in total. The molecule has 2 aromatic carbocycles. The van der Waals surface area contributed by atoms with E-state index in [4.69, 9.17) is 23.2 Å². The number of nitrogens with zero attached hydrogens (tertiary/aromatic N) is 3. The molecule has 0 aliphatic carbocycles. The topological polar surface area (TPSA) is 55.9 Å². The Morgan fingerprint density at radius 2 is 1.65 bits per heavy atom. The molecule has 1 aliphatic rings. The number of likely N-dealkylation sites (N-methyl/N-ethyl adjacent to an activating group) is 1. The van der Waals surface area contributed by atoms with Crippen LogP contribution in [0.1, 0.15) is 5.56 Å². The highest BCUT2D eigenvalue weighted by atomic mass is 35.5. The summed E-state index contributed by atoms with van der Waals surface area (Å²) in [5, 5.41) is 3.58. The molecule has 3 rings (SSSR count). The number of hydrogen-bond donors (Lipinski definition) is 1. The third kappa shape index (κ3) is 6.64. The van der Waals surface area contributed by atoms with Gasteiger partial charge in [-0.3, -0.25) is 19.4 Å². The van der Waals surface area contributed by atoms with Crippen LogP contribution in [0.3, 0.4) is 0 Å². The van der Waals surface area contributed by atoms with Gasteiger partial charge in [-0.05, 0) is 24.3 Å². The van der Waals surface area contributed by atoms with Crippen LogP contribution in [-0.2, 0) is 16.1 Å². The van der Waals surface area contributed by atoms with E-state index < -0.39 is 0 Å². The average Bonchev–Trinajstić information content (AvgIpc) is 2.73. The number of halogens is 3. The Bertz CT molecular complexity index is 915. The lowest BCUT2D eigenvalue weighted by Crippen LogP contribution is -2.50. The third-order valence-corrected chi connectivity index (χ3v) is 5.91. The van der Waals surface area contributed by atoms with Crippen molar-refractivity contribution in [3.05, 3.63) is 63.9 Å². The van der Waals surface area contributed by atoms with E-state index in [1.165, 1.54) is 11.0 Å². The van der Waals surface area contributed by atoms with Crippen LogP contribution in [0.5, 0.6) is 0 Å². The molecule has 6 nitrogen and oxygen atoms in total. The maximum absolute atomic E-state index is 14.0. The van der Waals surface area contributed by atoms with Crippen LogP contribution < -0.4 is 5.32 Å². The van der Waals surface area contributed by atoms with Crippen molar-refractivity contribution in [1.82, 2.24) is 14.7 Å². The zero-order valence-electron chi connectivity index (χ0n) is 17.3. The molecule has 0 spiro atoms. The van der Waals surface area contributed by atoms with Crippen LogP contribution >= 0.6 is 23.2 Å². The van der Waals surface area contributed by atoms with Crippen molar-refractivity contribution in [2.24, 2.45) is 0 Å². The van der Waals surface area contributed by atoms with Crippen molar-refractivity contribution >= 4 is 40.7 Å². The second-order valence-corrected chi connectivity index (χ2v) is 8.34. The number of amides is 2. The van der Waals surface area contributed by atoms with Crippen LogP contribution in [-0.4, -0.2) is 72.8 Å².